The molecule has 0 bridgehead atoms. The first-order valence-electron chi connectivity index (χ1n) is 9.19. The summed E-state index contributed by atoms with van der Waals surface area (Å²) in [5, 5.41) is 7.00. The van der Waals surface area contributed by atoms with Gasteiger partial charge in [0.1, 0.15) is 17.0 Å². The lowest BCUT2D eigenvalue weighted by Crippen LogP contribution is -2.14. The molecule has 4 aromatic rings. The van der Waals surface area contributed by atoms with Crippen molar-refractivity contribution in [3.05, 3.63) is 72.3 Å². The molecule has 0 fully saturated rings. The smallest absolute Gasteiger partial charge is 0.263 e. The summed E-state index contributed by atoms with van der Waals surface area (Å²) in [6.07, 6.45) is 7.20. The Hall–Kier alpha value is -4.27. The number of pyridine rings is 1. The number of nitrogens with zero attached hydrogens (tertiary/aromatic N) is 5. The molecule has 0 aliphatic carbocycles. The van der Waals surface area contributed by atoms with Crippen molar-refractivity contribution < 1.29 is 9.53 Å². The minimum absolute atomic E-state index is 0.0772. The number of aromatic nitrogens is 4. The van der Waals surface area contributed by atoms with E-state index in [1.807, 2.05) is 30.3 Å². The SMILES string of the molecule is C=NCCc1cnc2c(C(=O)Nc3cnccc3Oc3ccccc3)c(N)nn2c1. The van der Waals surface area contributed by atoms with Gasteiger partial charge in [-0.3, -0.25) is 9.78 Å². The first-order chi connectivity index (χ1) is 14.7. The molecule has 0 atom stereocenters. The molecule has 30 heavy (non-hydrogen) atoms. The zero-order valence-electron chi connectivity index (χ0n) is 16.0. The predicted octanol–water partition coefficient (Wildman–Crippen LogP) is 2.99. The molecule has 0 aliphatic heterocycles. The third kappa shape index (κ3) is 3.95. The highest BCUT2D eigenvalue weighted by molar-refractivity contribution is 6.12. The summed E-state index contributed by atoms with van der Waals surface area (Å²) in [4.78, 5) is 25.2. The Morgan fingerprint density at radius 2 is 2.07 bits per heavy atom. The number of hydrogen-bond donors (Lipinski definition) is 2. The summed E-state index contributed by atoms with van der Waals surface area (Å²) in [6.45, 7) is 4.04. The molecule has 4 rings (SSSR count). The Morgan fingerprint density at radius 1 is 1.23 bits per heavy atom. The molecule has 3 aromatic heterocycles. The second kappa shape index (κ2) is 8.39. The van der Waals surface area contributed by atoms with E-state index in [1.54, 1.807) is 24.7 Å². The summed E-state index contributed by atoms with van der Waals surface area (Å²) < 4.78 is 7.36. The number of nitrogen functional groups attached to an aromatic ring is 1. The number of hydrogen-bond acceptors (Lipinski definition) is 7. The lowest BCUT2D eigenvalue weighted by molar-refractivity contribution is 0.102. The van der Waals surface area contributed by atoms with Gasteiger partial charge < -0.3 is 20.8 Å². The fourth-order valence-electron chi connectivity index (χ4n) is 2.91. The maximum absolute atomic E-state index is 13.0. The Morgan fingerprint density at radius 3 is 2.87 bits per heavy atom. The van der Waals surface area contributed by atoms with Gasteiger partial charge in [0.15, 0.2) is 17.2 Å². The molecule has 0 aliphatic rings. The van der Waals surface area contributed by atoms with Gasteiger partial charge in [0, 0.05) is 31.2 Å². The number of amides is 1. The van der Waals surface area contributed by atoms with Crippen molar-refractivity contribution in [3.63, 3.8) is 0 Å². The maximum atomic E-state index is 13.0. The molecular weight excluding hydrogens is 382 g/mol. The van der Waals surface area contributed by atoms with Crippen molar-refractivity contribution in [2.75, 3.05) is 17.6 Å². The van der Waals surface area contributed by atoms with Crippen molar-refractivity contribution in [1.82, 2.24) is 19.6 Å². The van der Waals surface area contributed by atoms with E-state index in [0.717, 1.165) is 5.56 Å². The van der Waals surface area contributed by atoms with E-state index in [9.17, 15) is 4.79 Å². The third-order valence-electron chi connectivity index (χ3n) is 4.34. The van der Waals surface area contributed by atoms with Gasteiger partial charge in [-0.25, -0.2) is 9.50 Å². The number of carbonyl (C=O) groups is 1. The zero-order chi connectivity index (χ0) is 20.9. The van der Waals surface area contributed by atoms with E-state index in [4.69, 9.17) is 10.5 Å². The second-order valence-electron chi connectivity index (χ2n) is 6.43. The average Bonchev–Trinajstić information content (AvgIpc) is 3.09. The molecule has 1 aromatic carbocycles. The molecule has 150 valence electrons. The summed E-state index contributed by atoms with van der Waals surface area (Å²) in [5.41, 5.74) is 7.86. The van der Waals surface area contributed by atoms with E-state index in [1.165, 1.54) is 10.7 Å². The Balaban J connectivity index is 1.61. The molecule has 3 heterocycles. The minimum atomic E-state index is -0.457. The highest BCUT2D eigenvalue weighted by Crippen LogP contribution is 2.29. The Kier molecular flexibility index (Phi) is 5.33. The molecule has 9 nitrogen and oxygen atoms in total. The number of benzene rings is 1. The van der Waals surface area contributed by atoms with Crippen LogP contribution in [0.2, 0.25) is 0 Å². The number of anilines is 2. The van der Waals surface area contributed by atoms with Crippen LogP contribution in [0.1, 0.15) is 15.9 Å². The number of para-hydroxylation sites is 1. The molecule has 0 radical (unpaired) electrons. The van der Waals surface area contributed by atoms with Crippen molar-refractivity contribution >= 4 is 29.8 Å². The fraction of sp³-hybridized carbons (Fsp3) is 0.0952. The zero-order valence-corrected chi connectivity index (χ0v) is 16.0. The van der Waals surface area contributed by atoms with Crippen LogP contribution in [0.15, 0.2) is 66.2 Å². The topological polar surface area (TPSA) is 120 Å². The largest absolute Gasteiger partial charge is 0.455 e. The number of nitrogens with two attached hydrogens (primary N) is 1. The quantitative estimate of drug-likeness (QED) is 0.459. The van der Waals surface area contributed by atoms with Gasteiger partial charge in [0.2, 0.25) is 0 Å². The van der Waals surface area contributed by atoms with Crippen LogP contribution >= 0.6 is 0 Å². The van der Waals surface area contributed by atoms with E-state index in [-0.39, 0.29) is 11.4 Å². The Labute approximate surface area is 172 Å². The monoisotopic (exact) mass is 401 g/mol. The highest BCUT2D eigenvalue weighted by atomic mass is 16.5. The van der Waals surface area contributed by atoms with E-state index >= 15 is 0 Å². The summed E-state index contributed by atoms with van der Waals surface area (Å²) in [7, 11) is 0. The molecule has 0 saturated heterocycles. The first kappa shape index (κ1) is 19.1. The lowest BCUT2D eigenvalue weighted by Gasteiger charge is -2.11. The van der Waals surface area contributed by atoms with Crippen LogP contribution in [-0.2, 0) is 6.42 Å². The van der Waals surface area contributed by atoms with Crippen LogP contribution in [0.4, 0.5) is 11.5 Å². The standard InChI is InChI=1S/C21H19N7O2/c1-23-9-7-14-11-25-20-18(19(22)27-28(20)13-14)21(29)26-16-12-24-10-8-17(16)30-15-5-3-2-4-6-15/h2-6,8,10-13H,1,7,9H2,(H2,22,27)(H,26,29). The molecule has 0 spiro atoms. The van der Waals surface area contributed by atoms with Crippen LogP contribution in [0.3, 0.4) is 0 Å². The molecule has 0 saturated carbocycles. The van der Waals surface area contributed by atoms with Gasteiger partial charge in [-0.15, -0.1) is 5.10 Å². The van der Waals surface area contributed by atoms with Crippen LogP contribution in [0.25, 0.3) is 5.65 Å². The lowest BCUT2D eigenvalue weighted by atomic mass is 10.2. The molecular formula is C21H19N7O2. The van der Waals surface area contributed by atoms with E-state index in [0.29, 0.717) is 35.8 Å². The normalized spacial score (nSPS) is 10.7. The number of nitrogens with one attached hydrogen (secondary N) is 1. The average molecular weight is 401 g/mol. The fourth-order valence-corrected chi connectivity index (χ4v) is 2.91. The van der Waals surface area contributed by atoms with Crippen LogP contribution in [0, 0.1) is 0 Å². The van der Waals surface area contributed by atoms with Gasteiger partial charge in [0.25, 0.3) is 5.91 Å². The number of fused-ring (bicyclic) bond motifs is 1. The predicted molar refractivity (Wildman–Crippen MR) is 114 cm³/mol. The van der Waals surface area contributed by atoms with Crippen molar-refractivity contribution in [3.8, 4) is 11.5 Å². The van der Waals surface area contributed by atoms with Gasteiger partial charge >= 0.3 is 0 Å². The van der Waals surface area contributed by atoms with E-state index in [2.05, 4.69) is 32.1 Å². The van der Waals surface area contributed by atoms with Gasteiger partial charge in [-0.1, -0.05) is 18.2 Å². The summed E-state index contributed by atoms with van der Waals surface area (Å²) >= 11 is 0. The molecule has 1 amide bonds. The number of aliphatic imine (C=N–C) groups is 1. The van der Waals surface area contributed by atoms with Gasteiger partial charge in [-0.05, 0) is 30.8 Å². The summed E-state index contributed by atoms with van der Waals surface area (Å²) in [5.74, 6) is 0.708. The number of ether oxygens (including phenoxy) is 1. The third-order valence-corrected chi connectivity index (χ3v) is 4.34. The van der Waals surface area contributed by atoms with Gasteiger partial charge in [-0.2, -0.15) is 0 Å². The van der Waals surface area contributed by atoms with Crippen molar-refractivity contribution in [2.45, 2.75) is 6.42 Å². The van der Waals surface area contributed by atoms with Crippen molar-refractivity contribution in [1.29, 1.82) is 0 Å². The molecule has 3 N–H and O–H groups in total. The first-order valence-corrected chi connectivity index (χ1v) is 9.19. The van der Waals surface area contributed by atoms with Gasteiger partial charge in [0.05, 0.1) is 6.20 Å². The van der Waals surface area contributed by atoms with E-state index < -0.39 is 5.91 Å². The van der Waals surface area contributed by atoms with Crippen LogP contribution in [-0.4, -0.2) is 38.8 Å². The molecule has 0 unspecified atom stereocenters. The highest BCUT2D eigenvalue weighted by Gasteiger charge is 2.21. The Bertz CT molecular complexity index is 1200. The second-order valence-corrected chi connectivity index (χ2v) is 6.43. The molecule has 9 heteroatoms. The van der Waals surface area contributed by atoms with Crippen molar-refractivity contribution in [2.24, 2.45) is 4.99 Å². The number of rotatable bonds is 7. The van der Waals surface area contributed by atoms with Crippen LogP contribution < -0.4 is 15.8 Å². The van der Waals surface area contributed by atoms with Crippen LogP contribution in [0.5, 0.6) is 11.5 Å². The maximum Gasteiger partial charge on any atom is 0.263 e. The summed E-state index contributed by atoms with van der Waals surface area (Å²) in [6, 6.07) is 10.9. The number of carbonyl (C=O) groups excluding carboxylic acids is 1. The minimum Gasteiger partial charge on any atom is -0.455 e.